The van der Waals surface area contributed by atoms with E-state index in [1.165, 1.54) is 62.6 Å². The number of hydrogen-bond acceptors (Lipinski definition) is 10. The molecule has 11 rings (SSSR count). The fourth-order valence-corrected chi connectivity index (χ4v) is 12.2. The predicted molar refractivity (Wildman–Crippen MR) is 338 cm³/mol. The van der Waals surface area contributed by atoms with Crippen LogP contribution in [0.3, 0.4) is 0 Å². The molecule has 9 aromatic rings. The molecule has 0 amide bonds. The first-order chi connectivity index (χ1) is 40.8. The van der Waals surface area contributed by atoms with E-state index in [9.17, 15) is 15.0 Å². The fourth-order valence-electron chi connectivity index (χ4n) is 12.0. The Morgan fingerprint density at radius 1 is 0.583 bits per heavy atom. The topological polar surface area (TPSA) is 145 Å². The van der Waals surface area contributed by atoms with Crippen molar-refractivity contribution in [2.24, 2.45) is 23.7 Å². The minimum Gasteiger partial charge on any atom is -0.507 e. The van der Waals surface area contributed by atoms with Crippen LogP contribution in [0.25, 0.3) is 73.1 Å². The molecule has 4 atom stereocenters. The van der Waals surface area contributed by atoms with Crippen molar-refractivity contribution in [2.75, 3.05) is 13.2 Å². The first-order valence-electron chi connectivity index (χ1n) is 30.4. The number of aromatic hydroxyl groups is 2. The molecule has 2 heterocycles. The molecule has 4 unspecified atom stereocenters. The van der Waals surface area contributed by atoms with E-state index in [0.717, 1.165) is 87.4 Å². The molecule has 2 saturated carbocycles. The molecule has 0 aliphatic heterocycles. The number of halogens is 1. The number of phenolic OH excluding ortho intramolecular Hbond substituents is 2. The molecule has 11 nitrogen and oxygen atoms in total. The van der Waals surface area contributed by atoms with Crippen molar-refractivity contribution in [1.82, 2.24) is 29.9 Å². The van der Waals surface area contributed by atoms with E-state index in [1.807, 2.05) is 106 Å². The molecule has 434 valence electrons. The number of aromatic nitrogens is 6. The van der Waals surface area contributed by atoms with E-state index < -0.39 is 0 Å². The normalized spacial score (nSPS) is 16.8. The first-order valence-corrected chi connectivity index (χ1v) is 30.7. The molecule has 0 spiro atoms. The van der Waals surface area contributed by atoms with E-state index in [4.69, 9.17) is 36.0 Å². The molecule has 0 radical (unpaired) electrons. The number of hydrogen-bond donors (Lipinski definition) is 2. The van der Waals surface area contributed by atoms with Gasteiger partial charge in [-0.15, -0.1) is 15.0 Å². The number of carbonyl (C=O) groups is 1. The van der Waals surface area contributed by atoms with Crippen molar-refractivity contribution < 1.29 is 24.5 Å². The van der Waals surface area contributed by atoms with Gasteiger partial charge in [0.05, 0.1) is 18.8 Å². The number of carbonyl (C=O) groups excluding carboxylic acids is 1. The van der Waals surface area contributed by atoms with Gasteiger partial charge < -0.3 is 19.7 Å². The summed E-state index contributed by atoms with van der Waals surface area (Å²) in [5, 5.41) is 31.9. The highest BCUT2D eigenvalue weighted by molar-refractivity contribution is 6.31. The lowest BCUT2D eigenvalue weighted by atomic mass is 9.84. The quantitative estimate of drug-likeness (QED) is 0.0559. The van der Waals surface area contributed by atoms with Crippen LogP contribution >= 0.6 is 11.6 Å². The highest BCUT2D eigenvalue weighted by Gasteiger charge is 2.26. The van der Waals surface area contributed by atoms with Gasteiger partial charge in [-0.1, -0.05) is 200 Å². The average Bonchev–Trinajstić information content (AvgIpc) is 4.42. The number of benzene rings is 7. The Bertz CT molecular complexity index is 3520. The summed E-state index contributed by atoms with van der Waals surface area (Å²) in [7, 11) is 0. The van der Waals surface area contributed by atoms with Gasteiger partial charge in [-0.25, -0.2) is 15.0 Å². The van der Waals surface area contributed by atoms with Crippen molar-refractivity contribution in [3.05, 3.63) is 174 Å². The summed E-state index contributed by atoms with van der Waals surface area (Å²) in [6.07, 6.45) is 15.8. The third kappa shape index (κ3) is 15.3. The number of esters is 1. The van der Waals surface area contributed by atoms with E-state index >= 15 is 0 Å². The second-order valence-corrected chi connectivity index (χ2v) is 24.5. The van der Waals surface area contributed by atoms with Gasteiger partial charge in [0, 0.05) is 34.2 Å². The number of phenols is 2. The smallest absolute Gasteiger partial charge is 0.306 e. The van der Waals surface area contributed by atoms with Gasteiger partial charge in [-0.3, -0.25) is 4.79 Å². The summed E-state index contributed by atoms with van der Waals surface area (Å²) in [5.74, 6) is 5.58. The van der Waals surface area contributed by atoms with Gasteiger partial charge in [0.1, 0.15) is 34.0 Å². The van der Waals surface area contributed by atoms with E-state index in [0.29, 0.717) is 76.6 Å². The molecule has 0 bridgehead atoms. The number of rotatable bonds is 20. The minimum absolute atomic E-state index is 0.0797. The molecule has 2 fully saturated rings. The largest absolute Gasteiger partial charge is 0.507 e. The maximum absolute atomic E-state index is 12.4. The van der Waals surface area contributed by atoms with Crippen molar-refractivity contribution >= 4 is 28.6 Å². The maximum atomic E-state index is 12.4. The molecule has 0 saturated heterocycles. The summed E-state index contributed by atoms with van der Waals surface area (Å²) < 4.78 is 11.6. The van der Waals surface area contributed by atoms with Crippen molar-refractivity contribution in [1.29, 1.82) is 0 Å². The molecule has 2 aromatic heterocycles. The predicted octanol–water partition coefficient (Wildman–Crippen LogP) is 18.1. The fraction of sp³-hybridized carbons (Fsp3) is 0.361. The lowest BCUT2D eigenvalue weighted by molar-refractivity contribution is -0.143. The molecule has 84 heavy (non-hydrogen) atoms. The summed E-state index contributed by atoms with van der Waals surface area (Å²) in [6.45, 7) is 11.9. The van der Waals surface area contributed by atoms with Crippen LogP contribution in [0.2, 0.25) is 5.02 Å². The van der Waals surface area contributed by atoms with Crippen molar-refractivity contribution in [3.63, 3.8) is 0 Å². The maximum Gasteiger partial charge on any atom is 0.306 e. The Morgan fingerprint density at radius 3 is 1.65 bits per heavy atom. The molecule has 2 N–H and O–H groups in total. The summed E-state index contributed by atoms with van der Waals surface area (Å²) >= 11 is 6.11. The summed E-state index contributed by atoms with van der Waals surface area (Å²) in [5.41, 5.74) is 10.0. The molecular weight excluding hydrogens is 1060 g/mol. The van der Waals surface area contributed by atoms with Crippen molar-refractivity contribution in [3.8, 4) is 79.4 Å². The number of fused-ring (bicyclic) bond motifs is 1. The molecular formula is C72H79ClN6O5. The van der Waals surface area contributed by atoms with Gasteiger partial charge in [0.25, 0.3) is 0 Å². The van der Waals surface area contributed by atoms with Crippen LogP contribution in [0.15, 0.2) is 158 Å². The Balaban J connectivity index is 0.000000196. The standard InChI is InChI=1S/C43H41N3O2.C29H38ClN3O3/c1-2-30-15-16-31(28-30)10-9-27-48-38-25-26-39(40(47)29-38)43-45-41(36-21-17-34(18-22-36)32-11-5-3-6-12-32)44-42(46-43)37-23-19-35(20-24-37)33-13-7-4-8-14-33;1-5-19-8-9-20(15-19)7-6-14-36-27(34)13-10-21-16-23(29(2,3)4)28(35)26(17-21)33-31-24-12-11-22(30)18-25(24)32-33/h3-8,11-14,17-26,29-31,47H,2,9-10,15-16,27-28H2,1H3;11-12,16-20,35H,5-10,13-15H2,1-4H3. The van der Waals surface area contributed by atoms with Crippen LogP contribution in [0.5, 0.6) is 17.2 Å². The van der Waals surface area contributed by atoms with E-state index in [1.54, 1.807) is 24.3 Å². The van der Waals surface area contributed by atoms with Crippen LogP contribution in [0.1, 0.15) is 129 Å². The highest BCUT2D eigenvalue weighted by Crippen LogP contribution is 2.40. The van der Waals surface area contributed by atoms with Crippen LogP contribution in [-0.2, 0) is 21.4 Å². The molecule has 2 aliphatic rings. The molecule has 2 aliphatic carbocycles. The van der Waals surface area contributed by atoms with Crippen LogP contribution in [-0.4, -0.2) is 59.3 Å². The first kappa shape index (κ1) is 59.3. The Labute approximate surface area is 500 Å². The summed E-state index contributed by atoms with van der Waals surface area (Å²) in [6, 6.07) is 51.6. The minimum atomic E-state index is -0.303. The van der Waals surface area contributed by atoms with Gasteiger partial charge in [-0.2, -0.15) is 0 Å². The SMILES string of the molecule is CCC1CCC(CCCOC(=O)CCc2cc(-n3nc4ccc(Cl)cc4n3)c(O)c(C(C)(C)C)c2)C1.CCC1CCC(CCCOc2ccc(-c3nc(-c4ccc(-c5ccccc5)cc4)nc(-c4ccc(-c5ccccc5)cc4)n3)c(O)c2)C1. The van der Waals surface area contributed by atoms with Gasteiger partial charge >= 0.3 is 5.97 Å². The number of aryl methyl sites for hydroxylation is 1. The Kier molecular flexibility index (Phi) is 19.5. The Morgan fingerprint density at radius 2 is 1.11 bits per heavy atom. The zero-order chi connectivity index (χ0) is 58.6. The molecule has 12 heteroatoms. The molecule has 7 aromatic carbocycles. The monoisotopic (exact) mass is 1140 g/mol. The average molecular weight is 1140 g/mol. The zero-order valence-electron chi connectivity index (χ0n) is 49.3. The third-order valence-corrected chi connectivity index (χ3v) is 17.2. The van der Waals surface area contributed by atoms with Gasteiger partial charge in [0.2, 0.25) is 0 Å². The van der Waals surface area contributed by atoms with Crippen LogP contribution in [0, 0.1) is 23.7 Å². The lowest BCUT2D eigenvalue weighted by Gasteiger charge is -2.23. The van der Waals surface area contributed by atoms with Crippen LogP contribution in [0.4, 0.5) is 0 Å². The lowest BCUT2D eigenvalue weighted by Crippen LogP contribution is -2.14. The third-order valence-electron chi connectivity index (χ3n) is 17.0. The van der Waals surface area contributed by atoms with Gasteiger partial charge in [-0.05, 0) is 138 Å². The van der Waals surface area contributed by atoms with Gasteiger partial charge in [0.15, 0.2) is 17.5 Å². The second-order valence-electron chi connectivity index (χ2n) is 24.0. The van der Waals surface area contributed by atoms with E-state index in [2.05, 4.69) is 72.6 Å². The highest BCUT2D eigenvalue weighted by atomic mass is 35.5. The van der Waals surface area contributed by atoms with Crippen molar-refractivity contribution in [2.45, 2.75) is 130 Å². The second kappa shape index (κ2) is 27.7. The number of ether oxygens (including phenoxy) is 2. The van der Waals surface area contributed by atoms with E-state index in [-0.39, 0.29) is 22.9 Å². The summed E-state index contributed by atoms with van der Waals surface area (Å²) in [4.78, 5) is 28.5. The zero-order valence-corrected chi connectivity index (χ0v) is 50.1. The van der Waals surface area contributed by atoms with Crippen LogP contribution < -0.4 is 4.74 Å². The Hall–Kier alpha value is -7.89. The number of nitrogens with zero attached hydrogens (tertiary/aromatic N) is 6.